The molecule has 0 saturated heterocycles. The molecule has 17 heavy (non-hydrogen) atoms. The summed E-state index contributed by atoms with van der Waals surface area (Å²) in [5.41, 5.74) is 0.0596. The number of hydrogen-bond donors (Lipinski definition) is 2. The van der Waals surface area contributed by atoms with Gasteiger partial charge in [-0.1, -0.05) is 20.3 Å². The van der Waals surface area contributed by atoms with Crippen LogP contribution in [-0.2, 0) is 14.8 Å². The SMILES string of the molecule is CC1(C)CCCC1C(=O)NCCCS(N)(=O)=O. The molecule has 1 aliphatic rings. The molecule has 0 bridgehead atoms. The summed E-state index contributed by atoms with van der Waals surface area (Å²) in [5, 5.41) is 7.67. The van der Waals surface area contributed by atoms with Crippen molar-refractivity contribution < 1.29 is 13.2 Å². The molecule has 0 aliphatic heterocycles. The Balaban J connectivity index is 2.31. The zero-order valence-electron chi connectivity index (χ0n) is 10.5. The van der Waals surface area contributed by atoms with E-state index < -0.39 is 10.0 Å². The Morgan fingerprint density at radius 3 is 2.59 bits per heavy atom. The highest BCUT2D eigenvalue weighted by molar-refractivity contribution is 7.89. The summed E-state index contributed by atoms with van der Waals surface area (Å²) in [6.07, 6.45) is 3.45. The molecule has 1 saturated carbocycles. The first-order chi connectivity index (χ1) is 7.72. The lowest BCUT2D eigenvalue weighted by molar-refractivity contribution is -0.127. The second-order valence-corrected chi connectivity index (χ2v) is 7.18. The predicted octanol–water partition coefficient (Wildman–Crippen LogP) is 0.608. The Morgan fingerprint density at radius 1 is 1.47 bits per heavy atom. The van der Waals surface area contributed by atoms with Crippen LogP contribution in [0.25, 0.3) is 0 Å². The average Bonchev–Trinajstić information content (AvgIpc) is 2.51. The van der Waals surface area contributed by atoms with Gasteiger partial charge in [-0.05, 0) is 24.7 Å². The van der Waals surface area contributed by atoms with Gasteiger partial charge in [-0.3, -0.25) is 4.79 Å². The molecule has 0 aromatic heterocycles. The van der Waals surface area contributed by atoms with Crippen molar-refractivity contribution >= 4 is 15.9 Å². The van der Waals surface area contributed by atoms with Crippen LogP contribution in [0.3, 0.4) is 0 Å². The lowest BCUT2D eigenvalue weighted by atomic mass is 9.81. The fourth-order valence-corrected chi connectivity index (χ4v) is 2.97. The minimum Gasteiger partial charge on any atom is -0.356 e. The first kappa shape index (κ1) is 14.4. The molecule has 6 heteroatoms. The van der Waals surface area contributed by atoms with Crippen molar-refractivity contribution in [2.75, 3.05) is 12.3 Å². The molecular weight excluding hydrogens is 240 g/mol. The minimum atomic E-state index is -3.42. The largest absolute Gasteiger partial charge is 0.356 e. The normalized spacial score (nSPS) is 23.6. The predicted molar refractivity (Wildman–Crippen MR) is 66.7 cm³/mol. The van der Waals surface area contributed by atoms with Gasteiger partial charge >= 0.3 is 0 Å². The maximum absolute atomic E-state index is 11.9. The Kier molecular flexibility index (Phi) is 4.55. The third kappa shape index (κ3) is 4.63. The summed E-state index contributed by atoms with van der Waals surface area (Å²) in [7, 11) is -3.42. The zero-order chi connectivity index (χ0) is 13.1. The van der Waals surface area contributed by atoms with E-state index in [4.69, 9.17) is 5.14 Å². The topological polar surface area (TPSA) is 89.3 Å². The van der Waals surface area contributed by atoms with Gasteiger partial charge in [0.2, 0.25) is 15.9 Å². The highest BCUT2D eigenvalue weighted by Gasteiger charge is 2.38. The van der Waals surface area contributed by atoms with Crippen molar-refractivity contribution in [1.82, 2.24) is 5.32 Å². The summed E-state index contributed by atoms with van der Waals surface area (Å²) in [6, 6.07) is 0. The first-order valence-corrected chi connectivity index (χ1v) is 7.72. The van der Waals surface area contributed by atoms with Crippen molar-refractivity contribution in [2.45, 2.75) is 39.5 Å². The van der Waals surface area contributed by atoms with Crippen molar-refractivity contribution in [3.05, 3.63) is 0 Å². The Morgan fingerprint density at radius 2 is 2.12 bits per heavy atom. The van der Waals surface area contributed by atoms with Gasteiger partial charge in [-0.25, -0.2) is 13.6 Å². The van der Waals surface area contributed by atoms with Crippen LogP contribution in [-0.4, -0.2) is 26.6 Å². The number of rotatable bonds is 5. The quantitative estimate of drug-likeness (QED) is 0.711. The fraction of sp³-hybridized carbons (Fsp3) is 0.909. The second kappa shape index (κ2) is 5.35. The Labute approximate surface area is 103 Å². The molecule has 1 atom stereocenters. The van der Waals surface area contributed by atoms with E-state index in [1.54, 1.807) is 0 Å². The summed E-state index contributed by atoms with van der Waals surface area (Å²) >= 11 is 0. The maximum Gasteiger partial charge on any atom is 0.223 e. The second-order valence-electron chi connectivity index (χ2n) is 5.44. The number of hydrogen-bond acceptors (Lipinski definition) is 3. The van der Waals surface area contributed by atoms with Gasteiger partial charge in [0, 0.05) is 12.5 Å². The smallest absolute Gasteiger partial charge is 0.223 e. The van der Waals surface area contributed by atoms with Crippen LogP contribution in [0.4, 0.5) is 0 Å². The van der Waals surface area contributed by atoms with Crippen LogP contribution in [0.5, 0.6) is 0 Å². The molecule has 1 fully saturated rings. The number of carbonyl (C=O) groups excluding carboxylic acids is 1. The third-order valence-electron chi connectivity index (χ3n) is 3.48. The van der Waals surface area contributed by atoms with E-state index in [0.29, 0.717) is 13.0 Å². The Bertz CT molecular complexity index is 376. The van der Waals surface area contributed by atoms with Gasteiger partial charge in [0.05, 0.1) is 5.75 Å². The van der Waals surface area contributed by atoms with E-state index in [9.17, 15) is 13.2 Å². The third-order valence-corrected chi connectivity index (χ3v) is 4.34. The van der Waals surface area contributed by atoms with Crippen LogP contribution < -0.4 is 10.5 Å². The van der Waals surface area contributed by atoms with E-state index in [-0.39, 0.29) is 23.0 Å². The monoisotopic (exact) mass is 262 g/mol. The zero-order valence-corrected chi connectivity index (χ0v) is 11.3. The van der Waals surface area contributed by atoms with Gasteiger partial charge in [0.15, 0.2) is 0 Å². The standard InChI is InChI=1S/C11H22N2O3S/c1-11(2)6-3-5-9(11)10(14)13-7-4-8-17(12,15)16/h9H,3-8H2,1-2H3,(H,13,14)(H2,12,15,16). The van der Waals surface area contributed by atoms with Crippen molar-refractivity contribution in [2.24, 2.45) is 16.5 Å². The fourth-order valence-electron chi connectivity index (χ4n) is 2.42. The number of carbonyl (C=O) groups is 1. The molecule has 1 aliphatic carbocycles. The maximum atomic E-state index is 11.9. The van der Waals surface area contributed by atoms with Crippen molar-refractivity contribution in [3.8, 4) is 0 Å². The summed E-state index contributed by atoms with van der Waals surface area (Å²) < 4.78 is 21.4. The lowest BCUT2D eigenvalue weighted by Crippen LogP contribution is -2.37. The molecule has 0 heterocycles. The average molecular weight is 262 g/mol. The highest BCUT2D eigenvalue weighted by atomic mass is 32.2. The molecule has 5 nitrogen and oxygen atoms in total. The molecule has 1 unspecified atom stereocenters. The molecular formula is C11H22N2O3S. The number of nitrogens with two attached hydrogens (primary N) is 1. The molecule has 3 N–H and O–H groups in total. The molecule has 1 rings (SSSR count). The van der Waals surface area contributed by atoms with Crippen LogP contribution in [0.15, 0.2) is 0 Å². The van der Waals surface area contributed by atoms with E-state index >= 15 is 0 Å². The van der Waals surface area contributed by atoms with E-state index in [1.807, 2.05) is 0 Å². The van der Waals surface area contributed by atoms with Crippen LogP contribution in [0.2, 0.25) is 0 Å². The number of primary sulfonamides is 1. The van der Waals surface area contributed by atoms with E-state index in [1.165, 1.54) is 0 Å². The van der Waals surface area contributed by atoms with Gasteiger partial charge in [0.1, 0.15) is 0 Å². The highest BCUT2D eigenvalue weighted by Crippen LogP contribution is 2.42. The molecule has 100 valence electrons. The number of nitrogens with one attached hydrogen (secondary N) is 1. The van der Waals surface area contributed by atoms with Crippen molar-refractivity contribution in [3.63, 3.8) is 0 Å². The molecule has 0 aromatic carbocycles. The van der Waals surface area contributed by atoms with Gasteiger partial charge in [-0.15, -0.1) is 0 Å². The van der Waals surface area contributed by atoms with Gasteiger partial charge in [-0.2, -0.15) is 0 Å². The van der Waals surface area contributed by atoms with Crippen LogP contribution in [0.1, 0.15) is 39.5 Å². The lowest BCUT2D eigenvalue weighted by Gasteiger charge is -2.25. The van der Waals surface area contributed by atoms with Gasteiger partial charge in [0.25, 0.3) is 0 Å². The van der Waals surface area contributed by atoms with Crippen molar-refractivity contribution in [1.29, 1.82) is 0 Å². The van der Waals surface area contributed by atoms with E-state index in [2.05, 4.69) is 19.2 Å². The molecule has 1 amide bonds. The molecule has 0 spiro atoms. The first-order valence-electron chi connectivity index (χ1n) is 6.00. The number of sulfonamides is 1. The summed E-state index contributed by atoms with van der Waals surface area (Å²) in [4.78, 5) is 11.9. The summed E-state index contributed by atoms with van der Waals surface area (Å²) in [6.45, 7) is 4.59. The Hall–Kier alpha value is -0.620. The van der Waals surface area contributed by atoms with E-state index in [0.717, 1.165) is 19.3 Å². The number of amides is 1. The summed E-state index contributed by atoms with van der Waals surface area (Å²) in [5.74, 6) is 0.0142. The van der Waals surface area contributed by atoms with Gasteiger partial charge < -0.3 is 5.32 Å². The van der Waals surface area contributed by atoms with Crippen LogP contribution >= 0.6 is 0 Å². The molecule has 0 aromatic rings. The molecule has 0 radical (unpaired) electrons. The minimum absolute atomic E-state index is 0.0434. The van der Waals surface area contributed by atoms with Crippen LogP contribution in [0, 0.1) is 11.3 Å².